The Morgan fingerprint density at radius 2 is 1.44 bits per heavy atom. The second-order valence-electron chi connectivity index (χ2n) is 6.06. The minimum Gasteiger partial charge on any atom is -0.394 e. The zero-order valence-corrected chi connectivity index (χ0v) is 14.8. The maximum absolute atomic E-state index is 13.6. The highest BCUT2D eigenvalue weighted by Gasteiger charge is 2.16. The van der Waals surface area contributed by atoms with Crippen LogP contribution in [-0.2, 0) is 0 Å². The summed E-state index contributed by atoms with van der Waals surface area (Å²) in [7, 11) is 0. The first kappa shape index (κ1) is 20.5. The number of amides is 2. The number of rotatable bonds is 9. The van der Waals surface area contributed by atoms with Crippen LogP contribution in [0.2, 0.25) is 0 Å². The van der Waals surface area contributed by atoms with Crippen molar-refractivity contribution in [3.05, 3.63) is 71.3 Å². The molecule has 0 heterocycles. The van der Waals surface area contributed by atoms with Gasteiger partial charge in [0.15, 0.2) is 0 Å². The first-order valence-electron chi connectivity index (χ1n) is 8.72. The zero-order valence-electron chi connectivity index (χ0n) is 14.8. The van der Waals surface area contributed by atoms with Crippen LogP contribution in [0.25, 0.3) is 0 Å². The Kier molecular flexibility index (Phi) is 7.88. The molecule has 2 aromatic carbocycles. The summed E-state index contributed by atoms with van der Waals surface area (Å²) in [4.78, 5) is 23.9. The summed E-state index contributed by atoms with van der Waals surface area (Å²) in [5, 5.41) is 14.6. The van der Waals surface area contributed by atoms with Crippen LogP contribution in [0, 0.1) is 11.6 Å². The quantitative estimate of drug-likeness (QED) is 0.589. The molecule has 0 spiro atoms. The van der Waals surface area contributed by atoms with Crippen LogP contribution >= 0.6 is 0 Å². The molecule has 144 valence electrons. The minimum atomic E-state index is -0.623. The minimum absolute atomic E-state index is 0.0112. The Balaban J connectivity index is 1.72. The van der Waals surface area contributed by atoms with Crippen LogP contribution in [0.3, 0.4) is 0 Å². The third-order valence-electron chi connectivity index (χ3n) is 4.06. The Morgan fingerprint density at radius 1 is 0.889 bits per heavy atom. The smallest absolute Gasteiger partial charge is 0.254 e. The average Bonchev–Trinajstić information content (AvgIpc) is 2.67. The molecule has 2 amide bonds. The van der Waals surface area contributed by atoms with E-state index in [1.165, 1.54) is 36.4 Å². The molecule has 0 bridgehead atoms. The third-order valence-corrected chi connectivity index (χ3v) is 4.06. The predicted molar refractivity (Wildman–Crippen MR) is 97.3 cm³/mol. The van der Waals surface area contributed by atoms with E-state index in [-0.39, 0.29) is 17.7 Å². The van der Waals surface area contributed by atoms with Gasteiger partial charge in [0.05, 0.1) is 23.8 Å². The van der Waals surface area contributed by atoms with Gasteiger partial charge in [-0.1, -0.05) is 24.3 Å². The molecule has 0 radical (unpaired) electrons. The maximum Gasteiger partial charge on any atom is 0.254 e. The van der Waals surface area contributed by atoms with Crippen molar-refractivity contribution in [2.24, 2.45) is 0 Å². The van der Waals surface area contributed by atoms with Gasteiger partial charge in [-0.3, -0.25) is 9.59 Å². The number of hydrogen-bond donors (Lipinski definition) is 3. The van der Waals surface area contributed by atoms with E-state index >= 15 is 0 Å². The maximum atomic E-state index is 13.6. The van der Waals surface area contributed by atoms with Crippen molar-refractivity contribution in [2.45, 2.75) is 25.3 Å². The number of nitrogens with one attached hydrogen (secondary N) is 2. The lowest BCUT2D eigenvalue weighted by Gasteiger charge is -2.16. The van der Waals surface area contributed by atoms with Crippen LogP contribution in [0.15, 0.2) is 48.5 Å². The van der Waals surface area contributed by atoms with Gasteiger partial charge in [-0.25, -0.2) is 8.78 Å². The lowest BCUT2D eigenvalue weighted by molar-refractivity contribution is 0.0908. The first-order valence-corrected chi connectivity index (χ1v) is 8.72. The van der Waals surface area contributed by atoms with E-state index in [9.17, 15) is 23.5 Å². The average molecular weight is 376 g/mol. The summed E-state index contributed by atoms with van der Waals surface area (Å²) in [6, 6.07) is 10.8. The highest BCUT2D eigenvalue weighted by Crippen LogP contribution is 2.09. The van der Waals surface area contributed by atoms with Gasteiger partial charge in [0.25, 0.3) is 11.8 Å². The van der Waals surface area contributed by atoms with Crippen LogP contribution in [0.1, 0.15) is 40.0 Å². The molecule has 7 heteroatoms. The molecule has 0 aliphatic carbocycles. The molecule has 0 aliphatic heterocycles. The molecular weight excluding hydrogens is 354 g/mol. The van der Waals surface area contributed by atoms with Crippen LogP contribution in [-0.4, -0.2) is 36.1 Å². The van der Waals surface area contributed by atoms with Gasteiger partial charge in [-0.15, -0.1) is 0 Å². The van der Waals surface area contributed by atoms with Crippen LogP contribution in [0.5, 0.6) is 0 Å². The molecule has 5 nitrogen and oxygen atoms in total. The molecule has 1 atom stereocenters. The van der Waals surface area contributed by atoms with Crippen molar-refractivity contribution in [1.82, 2.24) is 10.6 Å². The molecule has 27 heavy (non-hydrogen) atoms. The highest BCUT2D eigenvalue weighted by atomic mass is 19.1. The fraction of sp³-hybridized carbons (Fsp3) is 0.300. The number of carbonyl (C=O) groups excluding carboxylic acids is 2. The molecule has 3 N–H and O–H groups in total. The van der Waals surface area contributed by atoms with Gasteiger partial charge < -0.3 is 15.7 Å². The predicted octanol–water partition coefficient (Wildman–Crippen LogP) is 2.66. The van der Waals surface area contributed by atoms with E-state index in [1.54, 1.807) is 12.1 Å². The SMILES string of the molecule is O=C(NCCCC[C@@H](CO)NC(=O)c1ccccc1F)c1ccccc1F. The van der Waals surface area contributed by atoms with E-state index < -0.39 is 29.5 Å². The summed E-state index contributed by atoms with van der Waals surface area (Å²) in [6.07, 6.45) is 1.67. The van der Waals surface area contributed by atoms with E-state index in [1.807, 2.05) is 0 Å². The van der Waals surface area contributed by atoms with Gasteiger partial charge >= 0.3 is 0 Å². The molecular formula is C20H22F2N2O3. The van der Waals surface area contributed by atoms with Crippen molar-refractivity contribution < 1.29 is 23.5 Å². The van der Waals surface area contributed by atoms with E-state index in [2.05, 4.69) is 10.6 Å². The molecule has 0 fully saturated rings. The fourth-order valence-corrected chi connectivity index (χ4v) is 2.58. The topological polar surface area (TPSA) is 78.4 Å². The summed E-state index contributed by atoms with van der Waals surface area (Å²) in [5.74, 6) is -2.27. The Hall–Kier alpha value is -2.80. The Morgan fingerprint density at radius 3 is 2.00 bits per heavy atom. The van der Waals surface area contributed by atoms with E-state index in [4.69, 9.17) is 0 Å². The molecule has 2 aromatic rings. The van der Waals surface area contributed by atoms with E-state index in [0.717, 1.165) is 0 Å². The summed E-state index contributed by atoms with van der Waals surface area (Å²) < 4.78 is 27.1. The van der Waals surface area contributed by atoms with Gasteiger partial charge in [-0.05, 0) is 43.5 Å². The zero-order chi connectivity index (χ0) is 19.6. The number of benzene rings is 2. The van der Waals surface area contributed by atoms with Crippen molar-refractivity contribution >= 4 is 11.8 Å². The second kappa shape index (κ2) is 10.4. The number of unbranched alkanes of at least 4 members (excludes halogenated alkanes) is 1. The lowest BCUT2D eigenvalue weighted by Crippen LogP contribution is -2.38. The normalized spacial score (nSPS) is 11.7. The highest BCUT2D eigenvalue weighted by molar-refractivity contribution is 5.95. The Labute approximate surface area is 156 Å². The van der Waals surface area contributed by atoms with Crippen molar-refractivity contribution in [2.75, 3.05) is 13.2 Å². The summed E-state index contributed by atoms with van der Waals surface area (Å²) >= 11 is 0. The Bertz CT molecular complexity index is 783. The van der Waals surface area contributed by atoms with Gasteiger partial charge in [0, 0.05) is 6.54 Å². The molecule has 0 aliphatic rings. The standard InChI is InChI=1S/C20H22F2N2O3/c21-17-10-3-1-8-15(17)19(26)23-12-6-5-7-14(13-25)24-20(27)16-9-2-4-11-18(16)22/h1-4,8-11,14,25H,5-7,12-13H2,(H,23,26)(H,24,27)/t14-/m0/s1. The number of halogens is 2. The number of aliphatic hydroxyl groups excluding tert-OH is 1. The monoisotopic (exact) mass is 376 g/mol. The molecule has 2 rings (SSSR count). The molecule has 0 aromatic heterocycles. The fourth-order valence-electron chi connectivity index (χ4n) is 2.58. The van der Waals surface area contributed by atoms with Gasteiger partial charge in [0.2, 0.25) is 0 Å². The molecule has 0 saturated carbocycles. The van der Waals surface area contributed by atoms with Crippen LogP contribution < -0.4 is 10.6 Å². The molecule has 0 saturated heterocycles. The van der Waals surface area contributed by atoms with Gasteiger partial charge in [0.1, 0.15) is 11.6 Å². The number of aliphatic hydroxyl groups is 1. The number of hydrogen-bond acceptors (Lipinski definition) is 3. The van der Waals surface area contributed by atoms with E-state index in [0.29, 0.717) is 25.8 Å². The van der Waals surface area contributed by atoms with Crippen molar-refractivity contribution in [3.8, 4) is 0 Å². The lowest BCUT2D eigenvalue weighted by atomic mass is 10.1. The first-order chi connectivity index (χ1) is 13.0. The van der Waals surface area contributed by atoms with Gasteiger partial charge in [-0.2, -0.15) is 0 Å². The summed E-state index contributed by atoms with van der Waals surface area (Å²) in [6.45, 7) is 0.0638. The number of carbonyl (C=O) groups is 2. The third kappa shape index (κ3) is 6.14. The largest absolute Gasteiger partial charge is 0.394 e. The van der Waals surface area contributed by atoms with Crippen LogP contribution in [0.4, 0.5) is 8.78 Å². The summed E-state index contributed by atoms with van der Waals surface area (Å²) in [5.41, 5.74) is -0.0870. The van der Waals surface area contributed by atoms with Crippen molar-refractivity contribution in [3.63, 3.8) is 0 Å². The second-order valence-corrected chi connectivity index (χ2v) is 6.06. The van der Waals surface area contributed by atoms with Crippen molar-refractivity contribution in [1.29, 1.82) is 0 Å². The molecule has 0 unspecified atom stereocenters.